The molecule has 0 bridgehead atoms. The van der Waals surface area contributed by atoms with Crippen LogP contribution in [-0.2, 0) is 20.9 Å². The zero-order valence-corrected chi connectivity index (χ0v) is 16.2. The average molecular weight is 332 g/mol. The summed E-state index contributed by atoms with van der Waals surface area (Å²) in [7, 11) is 0. The Morgan fingerprint density at radius 2 is 1.17 bits per heavy atom. The number of rotatable bonds is 10. The second kappa shape index (κ2) is 7.96. The van der Waals surface area contributed by atoms with Gasteiger partial charge < -0.3 is 0 Å². The fraction of sp³-hybridized carbons (Fsp3) is 1.00. The predicted octanol–water partition coefficient (Wildman–Crippen LogP) is 5.57. The third-order valence-corrected chi connectivity index (χ3v) is 26.4. The summed E-state index contributed by atoms with van der Waals surface area (Å²) < 4.78 is 11.7. The van der Waals surface area contributed by atoms with Gasteiger partial charge in [-0.15, -0.1) is 0 Å². The summed E-state index contributed by atoms with van der Waals surface area (Å²) in [5.74, 6) is -1.82. The van der Waals surface area contributed by atoms with Crippen molar-refractivity contribution in [2.75, 3.05) is 37.9 Å². The quantitative estimate of drug-likeness (QED) is 0.487. The van der Waals surface area contributed by atoms with E-state index in [1.807, 2.05) is 24.8 Å². The zero-order chi connectivity index (χ0) is 14.3. The molecule has 0 aromatic rings. The van der Waals surface area contributed by atoms with Gasteiger partial charge in [-0.25, -0.2) is 0 Å². The molecule has 0 amide bonds. The number of hydrogen-bond donors (Lipinski definition) is 0. The summed E-state index contributed by atoms with van der Waals surface area (Å²) in [4.78, 5) is 0. The fourth-order valence-corrected chi connectivity index (χ4v) is 26.6. The van der Waals surface area contributed by atoms with Gasteiger partial charge >= 0.3 is 123 Å². The SMILES string of the molecule is CCOP(=S)(OCC)SP(CC)(CC)(CC)CC. The van der Waals surface area contributed by atoms with E-state index in [1.165, 1.54) is 24.6 Å². The van der Waals surface area contributed by atoms with Crippen LogP contribution in [0.4, 0.5) is 0 Å². The van der Waals surface area contributed by atoms with Gasteiger partial charge in [0.25, 0.3) is 0 Å². The van der Waals surface area contributed by atoms with Gasteiger partial charge in [0.2, 0.25) is 0 Å². The Morgan fingerprint density at radius 1 is 0.833 bits per heavy atom. The Labute approximate surface area is 123 Å². The summed E-state index contributed by atoms with van der Waals surface area (Å²) >= 11 is 7.70. The molecule has 0 atom stereocenters. The van der Waals surface area contributed by atoms with Crippen LogP contribution in [0.3, 0.4) is 0 Å². The van der Waals surface area contributed by atoms with Gasteiger partial charge in [-0.3, -0.25) is 0 Å². The van der Waals surface area contributed by atoms with Gasteiger partial charge in [-0.1, -0.05) is 0 Å². The summed E-state index contributed by atoms with van der Waals surface area (Å²) in [6, 6.07) is 0. The van der Waals surface area contributed by atoms with Gasteiger partial charge in [0.15, 0.2) is 0 Å². The van der Waals surface area contributed by atoms with Gasteiger partial charge in [-0.05, 0) is 0 Å². The molecule has 18 heavy (non-hydrogen) atoms. The molecule has 0 rings (SSSR count). The van der Waals surface area contributed by atoms with E-state index in [4.69, 9.17) is 20.9 Å². The first kappa shape index (κ1) is 19.4. The van der Waals surface area contributed by atoms with E-state index in [0.29, 0.717) is 13.2 Å². The molecule has 0 N–H and O–H groups in total. The van der Waals surface area contributed by atoms with Crippen LogP contribution in [0.25, 0.3) is 0 Å². The molecule has 0 aliphatic rings. The second-order valence-electron chi connectivity index (χ2n) is 4.49. The van der Waals surface area contributed by atoms with Crippen molar-refractivity contribution in [3.05, 3.63) is 0 Å². The van der Waals surface area contributed by atoms with Crippen molar-refractivity contribution in [2.45, 2.75) is 41.5 Å². The van der Waals surface area contributed by atoms with Gasteiger partial charge in [-0.2, -0.15) is 0 Å². The van der Waals surface area contributed by atoms with Crippen LogP contribution in [0.15, 0.2) is 0 Å². The molecule has 0 unspecified atom stereocenters. The standard InChI is InChI=1S/C12H30O2P2S2/c1-7-13-15(17,14-8-2)18-16(9-3,10-4,11-5)12-6/h7-12H2,1-6H3. The van der Waals surface area contributed by atoms with Crippen LogP contribution < -0.4 is 0 Å². The second-order valence-corrected chi connectivity index (χ2v) is 20.9. The summed E-state index contributed by atoms with van der Waals surface area (Å²) in [5.41, 5.74) is -2.16. The van der Waals surface area contributed by atoms with E-state index in [-0.39, 0.29) is 0 Å². The van der Waals surface area contributed by atoms with Crippen molar-refractivity contribution in [1.29, 1.82) is 0 Å². The zero-order valence-electron chi connectivity index (χ0n) is 12.8. The van der Waals surface area contributed by atoms with Crippen LogP contribution >= 0.6 is 22.5 Å². The molecule has 0 heterocycles. The van der Waals surface area contributed by atoms with Crippen molar-refractivity contribution in [2.24, 2.45) is 0 Å². The molecular weight excluding hydrogens is 302 g/mol. The predicted molar refractivity (Wildman–Crippen MR) is 94.2 cm³/mol. The first-order valence-corrected chi connectivity index (χ1v) is 14.6. The molecule has 0 aliphatic heterocycles. The number of hydrogen-bond acceptors (Lipinski definition) is 4. The van der Waals surface area contributed by atoms with E-state index in [2.05, 4.69) is 27.7 Å². The van der Waals surface area contributed by atoms with Crippen LogP contribution in [0.5, 0.6) is 0 Å². The molecule has 6 heteroatoms. The fourth-order valence-electron chi connectivity index (χ4n) is 2.26. The summed E-state index contributed by atoms with van der Waals surface area (Å²) in [6.45, 7) is 14.6. The normalized spacial score (nSPS) is 15.3. The molecule has 0 spiro atoms. The molecule has 112 valence electrons. The van der Waals surface area contributed by atoms with E-state index in [0.717, 1.165) is 0 Å². The third-order valence-electron chi connectivity index (χ3n) is 4.11. The third kappa shape index (κ3) is 4.43. The van der Waals surface area contributed by atoms with Crippen LogP contribution in [0, 0.1) is 0 Å². The Kier molecular flexibility index (Phi) is 8.55. The van der Waals surface area contributed by atoms with Crippen LogP contribution in [-0.4, -0.2) is 37.9 Å². The molecule has 0 aliphatic carbocycles. The minimum atomic E-state index is -2.16. The van der Waals surface area contributed by atoms with Crippen molar-refractivity contribution in [1.82, 2.24) is 0 Å². The van der Waals surface area contributed by atoms with Gasteiger partial charge in [0.1, 0.15) is 0 Å². The topological polar surface area (TPSA) is 18.5 Å². The summed E-state index contributed by atoms with van der Waals surface area (Å²) in [6.07, 6.45) is 4.94. The molecule has 0 aromatic carbocycles. The first-order chi connectivity index (χ1) is 8.38. The molecule has 0 aromatic heterocycles. The Bertz CT molecular complexity index is 260. The van der Waals surface area contributed by atoms with Crippen molar-refractivity contribution >= 4 is 34.3 Å². The molecule has 0 saturated heterocycles. The molecule has 0 saturated carbocycles. The van der Waals surface area contributed by atoms with E-state index in [1.54, 1.807) is 0 Å². The van der Waals surface area contributed by atoms with Gasteiger partial charge in [0, 0.05) is 0 Å². The Morgan fingerprint density at radius 3 is 1.39 bits per heavy atom. The molecule has 0 radical (unpaired) electrons. The van der Waals surface area contributed by atoms with Gasteiger partial charge in [0.05, 0.1) is 0 Å². The molecular formula is C12H30O2P2S2. The van der Waals surface area contributed by atoms with Crippen molar-refractivity contribution < 1.29 is 9.05 Å². The van der Waals surface area contributed by atoms with Crippen LogP contribution in [0.2, 0.25) is 0 Å². The molecule has 2 nitrogen and oxygen atoms in total. The maximum atomic E-state index is 5.86. The van der Waals surface area contributed by atoms with Crippen LogP contribution in [0.1, 0.15) is 41.5 Å². The summed E-state index contributed by atoms with van der Waals surface area (Å²) in [5, 5.41) is 0. The Hall–Kier alpha value is 1.35. The van der Waals surface area contributed by atoms with E-state index in [9.17, 15) is 0 Å². The first-order valence-electron chi connectivity index (χ1n) is 7.00. The molecule has 0 fully saturated rings. The maximum absolute atomic E-state index is 5.86. The van der Waals surface area contributed by atoms with E-state index >= 15 is 0 Å². The van der Waals surface area contributed by atoms with Crippen molar-refractivity contribution in [3.63, 3.8) is 0 Å². The van der Waals surface area contributed by atoms with E-state index < -0.39 is 11.5 Å². The Balaban J connectivity index is 5.35. The minimum absolute atomic E-state index is 0.650. The van der Waals surface area contributed by atoms with Crippen molar-refractivity contribution in [3.8, 4) is 0 Å². The average Bonchev–Trinajstić information content (AvgIpc) is 2.38. The monoisotopic (exact) mass is 332 g/mol.